The van der Waals surface area contributed by atoms with Crippen molar-refractivity contribution in [1.82, 2.24) is 5.32 Å². The summed E-state index contributed by atoms with van der Waals surface area (Å²) < 4.78 is 5.64. The highest BCUT2D eigenvalue weighted by Gasteiger charge is 2.09. The standard InChI is InChI=1S/C13H17Cl2NO/c1-3-5-6-17-13-10(9-16-4-2)7-11(14)8-12(13)15/h3,5,7-8,16H,4,6,9H2,1-2H3/b5-3+. The predicted octanol–water partition coefficient (Wildman–Crippen LogP) is 4.06. The summed E-state index contributed by atoms with van der Waals surface area (Å²) in [7, 11) is 0. The second kappa shape index (κ2) is 7.59. The van der Waals surface area contributed by atoms with Gasteiger partial charge in [0.1, 0.15) is 12.4 Å². The molecule has 0 bridgehead atoms. The van der Waals surface area contributed by atoms with Crippen LogP contribution in [-0.2, 0) is 6.54 Å². The Balaban J connectivity index is 2.89. The third-order valence-electron chi connectivity index (χ3n) is 2.21. The minimum absolute atomic E-state index is 0.511. The molecule has 94 valence electrons. The molecule has 0 spiro atoms. The van der Waals surface area contributed by atoms with Crippen LogP contribution in [0.15, 0.2) is 24.3 Å². The van der Waals surface area contributed by atoms with E-state index in [1.54, 1.807) is 6.07 Å². The number of ether oxygens (including phenoxy) is 1. The average molecular weight is 274 g/mol. The van der Waals surface area contributed by atoms with Gasteiger partial charge in [-0.2, -0.15) is 0 Å². The molecule has 0 saturated heterocycles. The van der Waals surface area contributed by atoms with Gasteiger partial charge >= 0.3 is 0 Å². The third kappa shape index (κ3) is 4.58. The third-order valence-corrected chi connectivity index (χ3v) is 2.71. The summed E-state index contributed by atoms with van der Waals surface area (Å²) in [4.78, 5) is 0. The summed E-state index contributed by atoms with van der Waals surface area (Å²) in [6, 6.07) is 3.57. The lowest BCUT2D eigenvalue weighted by atomic mass is 10.2. The van der Waals surface area contributed by atoms with Crippen LogP contribution < -0.4 is 10.1 Å². The molecule has 0 saturated carbocycles. The number of hydrogen-bond donors (Lipinski definition) is 1. The van der Waals surface area contributed by atoms with E-state index in [1.165, 1.54) is 0 Å². The van der Waals surface area contributed by atoms with Crippen molar-refractivity contribution in [2.24, 2.45) is 0 Å². The molecule has 1 aromatic rings. The molecule has 1 N–H and O–H groups in total. The van der Waals surface area contributed by atoms with E-state index in [1.807, 2.05) is 32.1 Å². The maximum atomic E-state index is 6.13. The van der Waals surface area contributed by atoms with Gasteiger partial charge in [-0.1, -0.05) is 42.3 Å². The Morgan fingerprint density at radius 3 is 2.76 bits per heavy atom. The van der Waals surface area contributed by atoms with Gasteiger partial charge < -0.3 is 10.1 Å². The SMILES string of the molecule is C/C=C/COc1c(Cl)cc(Cl)cc1CNCC. The van der Waals surface area contributed by atoms with Gasteiger partial charge in [0.15, 0.2) is 0 Å². The zero-order valence-corrected chi connectivity index (χ0v) is 11.6. The van der Waals surface area contributed by atoms with Crippen molar-refractivity contribution in [2.75, 3.05) is 13.2 Å². The summed E-state index contributed by atoms with van der Waals surface area (Å²) in [6.07, 6.45) is 3.87. The summed E-state index contributed by atoms with van der Waals surface area (Å²) in [6.45, 7) is 6.09. The average Bonchev–Trinajstić information content (AvgIpc) is 2.29. The Morgan fingerprint density at radius 2 is 2.12 bits per heavy atom. The first kappa shape index (κ1) is 14.4. The smallest absolute Gasteiger partial charge is 0.142 e. The van der Waals surface area contributed by atoms with Crippen molar-refractivity contribution in [2.45, 2.75) is 20.4 Å². The number of halogens is 2. The molecule has 2 nitrogen and oxygen atoms in total. The molecule has 0 aliphatic rings. The maximum Gasteiger partial charge on any atom is 0.142 e. The highest BCUT2D eigenvalue weighted by Crippen LogP contribution is 2.32. The Labute approximate surface area is 113 Å². The van der Waals surface area contributed by atoms with Crippen LogP contribution in [0.1, 0.15) is 19.4 Å². The van der Waals surface area contributed by atoms with E-state index in [-0.39, 0.29) is 0 Å². The highest BCUT2D eigenvalue weighted by molar-refractivity contribution is 6.35. The predicted molar refractivity (Wildman–Crippen MR) is 74.2 cm³/mol. The van der Waals surface area contributed by atoms with Crippen molar-refractivity contribution >= 4 is 23.2 Å². The van der Waals surface area contributed by atoms with Crippen molar-refractivity contribution in [3.8, 4) is 5.75 Å². The van der Waals surface area contributed by atoms with Crippen LogP contribution in [0.4, 0.5) is 0 Å². The van der Waals surface area contributed by atoms with Crippen LogP contribution >= 0.6 is 23.2 Å². The Hall–Kier alpha value is -0.700. The van der Waals surface area contributed by atoms with Gasteiger partial charge in [0.2, 0.25) is 0 Å². The second-order valence-electron chi connectivity index (χ2n) is 3.54. The molecule has 0 heterocycles. The van der Waals surface area contributed by atoms with Gasteiger partial charge in [-0.05, 0) is 25.6 Å². The van der Waals surface area contributed by atoms with Crippen molar-refractivity contribution in [3.63, 3.8) is 0 Å². The molecular weight excluding hydrogens is 257 g/mol. The first-order valence-electron chi connectivity index (χ1n) is 5.61. The molecule has 17 heavy (non-hydrogen) atoms. The van der Waals surface area contributed by atoms with Gasteiger partial charge in [0.25, 0.3) is 0 Å². The van der Waals surface area contributed by atoms with E-state index in [0.717, 1.165) is 12.1 Å². The lowest BCUT2D eigenvalue weighted by Crippen LogP contribution is -2.13. The van der Waals surface area contributed by atoms with Crippen LogP contribution in [0.5, 0.6) is 5.75 Å². The second-order valence-corrected chi connectivity index (χ2v) is 4.38. The molecule has 0 fully saturated rings. The van der Waals surface area contributed by atoms with Gasteiger partial charge in [-0.3, -0.25) is 0 Å². The molecule has 0 radical (unpaired) electrons. The number of benzene rings is 1. The fourth-order valence-corrected chi connectivity index (χ4v) is 1.98. The molecule has 0 atom stereocenters. The zero-order chi connectivity index (χ0) is 12.7. The van der Waals surface area contributed by atoms with E-state index in [4.69, 9.17) is 27.9 Å². The van der Waals surface area contributed by atoms with Crippen LogP contribution in [0.3, 0.4) is 0 Å². The van der Waals surface area contributed by atoms with Crippen LogP contribution in [0.2, 0.25) is 10.0 Å². The minimum Gasteiger partial charge on any atom is -0.488 e. The monoisotopic (exact) mass is 273 g/mol. The summed E-state index contributed by atoms with van der Waals surface area (Å²) in [5.41, 5.74) is 0.980. The first-order valence-corrected chi connectivity index (χ1v) is 6.37. The van der Waals surface area contributed by atoms with Gasteiger partial charge in [0, 0.05) is 17.1 Å². The van der Waals surface area contributed by atoms with Crippen LogP contribution in [-0.4, -0.2) is 13.2 Å². The maximum absolute atomic E-state index is 6.13. The molecule has 1 rings (SSSR count). The minimum atomic E-state index is 0.511. The molecule has 4 heteroatoms. The summed E-state index contributed by atoms with van der Waals surface area (Å²) >= 11 is 12.1. The molecule has 0 unspecified atom stereocenters. The van der Waals surface area contributed by atoms with Crippen molar-refractivity contribution < 1.29 is 4.74 Å². The molecule has 0 amide bonds. The van der Waals surface area contributed by atoms with E-state index >= 15 is 0 Å². The van der Waals surface area contributed by atoms with Crippen molar-refractivity contribution in [1.29, 1.82) is 0 Å². The molecular formula is C13H17Cl2NO. The highest BCUT2D eigenvalue weighted by atomic mass is 35.5. The zero-order valence-electron chi connectivity index (χ0n) is 10.1. The summed E-state index contributed by atoms with van der Waals surface area (Å²) in [5.74, 6) is 0.704. The topological polar surface area (TPSA) is 21.3 Å². The largest absolute Gasteiger partial charge is 0.488 e. The quantitative estimate of drug-likeness (QED) is 0.790. The normalized spacial score (nSPS) is 11.1. The molecule has 0 aliphatic heterocycles. The number of nitrogens with one attached hydrogen (secondary N) is 1. The van der Waals surface area contributed by atoms with E-state index in [0.29, 0.717) is 28.9 Å². The lowest BCUT2D eigenvalue weighted by Gasteiger charge is -2.13. The fraction of sp³-hybridized carbons (Fsp3) is 0.385. The fourth-order valence-electron chi connectivity index (χ4n) is 1.39. The van der Waals surface area contributed by atoms with E-state index in [2.05, 4.69) is 5.32 Å². The Morgan fingerprint density at radius 1 is 1.35 bits per heavy atom. The first-order chi connectivity index (χ1) is 8.19. The van der Waals surface area contributed by atoms with Gasteiger partial charge in [0.05, 0.1) is 5.02 Å². The Bertz CT molecular complexity index is 391. The molecule has 0 aliphatic carbocycles. The van der Waals surface area contributed by atoms with Gasteiger partial charge in [-0.15, -0.1) is 0 Å². The van der Waals surface area contributed by atoms with E-state index < -0.39 is 0 Å². The van der Waals surface area contributed by atoms with Crippen LogP contribution in [0, 0.1) is 0 Å². The van der Waals surface area contributed by atoms with E-state index in [9.17, 15) is 0 Å². The number of hydrogen-bond acceptors (Lipinski definition) is 2. The number of allylic oxidation sites excluding steroid dienone is 1. The number of rotatable bonds is 6. The molecule has 1 aromatic carbocycles. The van der Waals surface area contributed by atoms with Crippen LogP contribution in [0.25, 0.3) is 0 Å². The van der Waals surface area contributed by atoms with Gasteiger partial charge in [-0.25, -0.2) is 0 Å². The Kier molecular flexibility index (Phi) is 6.41. The molecule has 0 aromatic heterocycles. The summed E-state index contributed by atoms with van der Waals surface area (Å²) in [5, 5.41) is 4.41. The lowest BCUT2D eigenvalue weighted by molar-refractivity contribution is 0.358. The van der Waals surface area contributed by atoms with Crippen molar-refractivity contribution in [3.05, 3.63) is 39.9 Å².